The first-order valence-electron chi connectivity index (χ1n) is 15.7. The van der Waals surface area contributed by atoms with Gasteiger partial charge in [0.2, 0.25) is 17.6 Å². The summed E-state index contributed by atoms with van der Waals surface area (Å²) in [6.07, 6.45) is 5.18. The number of imide groups is 2. The summed E-state index contributed by atoms with van der Waals surface area (Å²) < 4.78 is 24.5. The number of anilines is 1. The van der Waals surface area contributed by atoms with E-state index in [0.717, 1.165) is 22.6 Å². The van der Waals surface area contributed by atoms with E-state index in [1.165, 1.54) is 31.3 Å². The maximum absolute atomic E-state index is 14.4. The number of carbonyl (C=O) groups is 4. The van der Waals surface area contributed by atoms with Crippen molar-refractivity contribution in [3.05, 3.63) is 101 Å². The van der Waals surface area contributed by atoms with Crippen molar-refractivity contribution in [3.8, 4) is 17.2 Å². The van der Waals surface area contributed by atoms with Crippen LogP contribution in [0.5, 0.6) is 17.2 Å². The number of phenolic OH excluding ortho intramolecular Hbond substituents is 1. The van der Waals surface area contributed by atoms with Crippen LogP contribution in [0.1, 0.15) is 24.0 Å². The molecule has 7 rings (SSSR count). The molecule has 12 heteroatoms. The molecule has 0 aromatic heterocycles. The van der Waals surface area contributed by atoms with E-state index < -0.39 is 51.1 Å². The minimum atomic E-state index is -2.06. The molecule has 2 aliphatic carbocycles. The van der Waals surface area contributed by atoms with Gasteiger partial charge in [0.15, 0.2) is 21.2 Å². The predicted molar refractivity (Wildman–Crippen MR) is 180 cm³/mol. The normalized spacial score (nSPS) is 29.2. The van der Waals surface area contributed by atoms with Crippen LogP contribution in [0, 0.1) is 29.5 Å². The monoisotopic (exact) mass is 704 g/mol. The van der Waals surface area contributed by atoms with Crippen molar-refractivity contribution in [3.63, 3.8) is 0 Å². The third-order valence-electron chi connectivity index (χ3n) is 10.2. The number of aromatic hydroxyl groups is 1. The second-order valence-corrected chi connectivity index (χ2v) is 13.9. The van der Waals surface area contributed by atoms with Crippen LogP contribution in [0.2, 0.25) is 0 Å². The number of phenols is 1. The van der Waals surface area contributed by atoms with Crippen molar-refractivity contribution in [1.82, 2.24) is 4.90 Å². The number of alkyl halides is 2. The molecule has 252 valence electrons. The van der Waals surface area contributed by atoms with Crippen molar-refractivity contribution >= 4 is 58.6 Å². The molecular weight excluding hydrogens is 674 g/mol. The molecule has 1 N–H and O–H groups in total. The van der Waals surface area contributed by atoms with Crippen LogP contribution < -0.4 is 14.4 Å². The number of hydrogen-bond acceptors (Lipinski definition) is 7. The van der Waals surface area contributed by atoms with E-state index >= 15 is 0 Å². The highest BCUT2D eigenvalue weighted by Gasteiger charge is 2.76. The number of methoxy groups -OCH3 is 2. The molecule has 2 saturated heterocycles. The number of hydrogen-bond donors (Lipinski definition) is 1. The molecule has 0 radical (unpaired) electrons. The zero-order valence-electron chi connectivity index (χ0n) is 26.4. The molecule has 3 aromatic rings. The molecule has 0 unspecified atom stereocenters. The first kappa shape index (κ1) is 32.9. The van der Waals surface area contributed by atoms with Gasteiger partial charge < -0.3 is 14.6 Å². The minimum Gasteiger partial charge on any atom is -0.502 e. The molecule has 1 saturated carbocycles. The first-order valence-corrected chi connectivity index (χ1v) is 16.4. The average Bonchev–Trinajstić information content (AvgIpc) is 3.43. The number of ether oxygens (including phenoxy) is 2. The summed E-state index contributed by atoms with van der Waals surface area (Å²) in [4.78, 5) is 54.7. The summed E-state index contributed by atoms with van der Waals surface area (Å²) >= 11 is 14.7. The van der Waals surface area contributed by atoms with Gasteiger partial charge in [-0.3, -0.25) is 24.1 Å². The van der Waals surface area contributed by atoms with Crippen LogP contribution in [0.3, 0.4) is 0 Å². The number of carbonyl (C=O) groups excluding carboxylic acids is 4. The van der Waals surface area contributed by atoms with Crippen molar-refractivity contribution in [2.45, 2.75) is 29.1 Å². The topological polar surface area (TPSA) is 113 Å². The molecule has 6 atom stereocenters. The summed E-state index contributed by atoms with van der Waals surface area (Å²) in [6, 6.07) is 17.1. The number of likely N-dealkylation sites (tertiary alicyclic amines) is 1. The van der Waals surface area contributed by atoms with E-state index in [4.69, 9.17) is 32.7 Å². The summed E-state index contributed by atoms with van der Waals surface area (Å²) in [7, 11) is 2.78. The Labute approximate surface area is 291 Å². The van der Waals surface area contributed by atoms with E-state index in [9.17, 15) is 28.7 Å². The smallest absolute Gasteiger partial charge is 0.258 e. The summed E-state index contributed by atoms with van der Waals surface area (Å²) in [5.41, 5.74) is 2.01. The van der Waals surface area contributed by atoms with Gasteiger partial charge in [0.25, 0.3) is 11.8 Å². The fraction of sp³-hybridized carbons (Fsp3) is 0.297. The van der Waals surface area contributed by atoms with E-state index in [0.29, 0.717) is 11.1 Å². The van der Waals surface area contributed by atoms with Crippen LogP contribution >= 0.6 is 23.2 Å². The van der Waals surface area contributed by atoms with Crippen LogP contribution in [-0.4, -0.2) is 57.6 Å². The Bertz CT molecular complexity index is 1930. The van der Waals surface area contributed by atoms with Crippen LogP contribution in [-0.2, 0) is 25.7 Å². The third kappa shape index (κ3) is 4.87. The molecule has 4 amide bonds. The van der Waals surface area contributed by atoms with E-state index in [1.54, 1.807) is 24.3 Å². The second-order valence-electron chi connectivity index (χ2n) is 12.7. The maximum Gasteiger partial charge on any atom is 0.258 e. The molecule has 3 aromatic carbocycles. The second kappa shape index (κ2) is 12.0. The lowest BCUT2D eigenvalue weighted by Gasteiger charge is -2.49. The van der Waals surface area contributed by atoms with E-state index in [-0.39, 0.29) is 54.1 Å². The predicted octanol–water partition coefficient (Wildman–Crippen LogP) is 5.86. The summed E-state index contributed by atoms with van der Waals surface area (Å²) in [5.74, 6) is -6.01. The Morgan fingerprint density at radius 2 is 1.57 bits per heavy atom. The number of halogens is 3. The quantitative estimate of drug-likeness (QED) is 0.186. The molecular formula is C37H31Cl2FN2O7. The Morgan fingerprint density at radius 1 is 0.918 bits per heavy atom. The van der Waals surface area contributed by atoms with Crippen molar-refractivity contribution in [2.24, 2.45) is 23.7 Å². The van der Waals surface area contributed by atoms with E-state index in [1.807, 2.05) is 36.4 Å². The number of allylic oxidation sites excluding steroid dienone is 3. The molecule has 2 aliphatic heterocycles. The SMILES string of the molecule is COc1cc(C=C[C@H]2C3=CC[C@@H]4C(=O)N(Cc5ccccc5)C(=O)[C@@H]4[C@@H]3C[C@@]3(Cl)C(=O)N(c4ccc(F)cc4)C(=O)[C@@]23Cl)cc(OC)c1O. The molecule has 49 heavy (non-hydrogen) atoms. The van der Waals surface area contributed by atoms with Gasteiger partial charge in [-0.1, -0.05) is 54.1 Å². The Balaban J connectivity index is 1.34. The number of nitrogens with zero attached hydrogens (tertiary/aromatic N) is 2. The Morgan fingerprint density at radius 3 is 2.20 bits per heavy atom. The standard InChI is InChI=1S/C37H31Cl2FN2O7/c1-48-28-16-21(17-29(49-2)31(28)43)8-15-27-24-13-14-25-30(33(45)41(32(25)44)19-20-6-4-3-5-7-20)26(24)18-36(38)34(46)42(35(47)37(27,36)39)23-11-9-22(40)10-12-23/h3-13,15-17,25-27,30,43H,14,18-19H2,1-2H3/t25-,26+,27-,30-,36+,37-/m0/s1. The number of amides is 4. The molecule has 4 aliphatic rings. The van der Waals surface area contributed by atoms with Crippen molar-refractivity contribution in [1.29, 1.82) is 0 Å². The lowest BCUT2D eigenvalue weighted by molar-refractivity contribution is -0.141. The molecule has 9 nitrogen and oxygen atoms in total. The zero-order chi connectivity index (χ0) is 34.8. The fourth-order valence-electron chi connectivity index (χ4n) is 7.85. The average molecular weight is 706 g/mol. The van der Waals surface area contributed by atoms with Crippen LogP contribution in [0.25, 0.3) is 6.08 Å². The van der Waals surface area contributed by atoms with Gasteiger partial charge >= 0.3 is 0 Å². The highest BCUT2D eigenvalue weighted by Crippen LogP contribution is 2.63. The van der Waals surface area contributed by atoms with Crippen molar-refractivity contribution < 1.29 is 38.1 Å². The molecule has 0 bridgehead atoms. The maximum atomic E-state index is 14.4. The number of fused-ring (bicyclic) bond motifs is 4. The highest BCUT2D eigenvalue weighted by molar-refractivity contribution is 6.58. The Kier molecular flexibility index (Phi) is 8.07. The van der Waals surface area contributed by atoms with Gasteiger partial charge in [-0.25, -0.2) is 9.29 Å². The zero-order valence-corrected chi connectivity index (χ0v) is 28.0. The van der Waals surface area contributed by atoms with Gasteiger partial charge in [0, 0.05) is 5.92 Å². The largest absolute Gasteiger partial charge is 0.502 e. The van der Waals surface area contributed by atoms with Crippen LogP contribution in [0.4, 0.5) is 10.1 Å². The summed E-state index contributed by atoms with van der Waals surface area (Å²) in [6.45, 7) is 0.0998. The number of benzene rings is 3. The first-order chi connectivity index (χ1) is 23.4. The van der Waals surface area contributed by atoms with Gasteiger partial charge in [-0.05, 0) is 66.3 Å². The molecule has 2 heterocycles. The van der Waals surface area contributed by atoms with Crippen LogP contribution in [0.15, 0.2) is 84.5 Å². The van der Waals surface area contributed by atoms with Gasteiger partial charge in [0.05, 0.1) is 38.3 Å². The highest BCUT2D eigenvalue weighted by atomic mass is 35.5. The van der Waals surface area contributed by atoms with Gasteiger partial charge in [-0.2, -0.15) is 0 Å². The summed E-state index contributed by atoms with van der Waals surface area (Å²) in [5, 5.41) is 10.5. The minimum absolute atomic E-state index is 0.0950. The lowest BCUT2D eigenvalue weighted by Crippen LogP contribution is -2.60. The molecule has 0 spiro atoms. The number of rotatable bonds is 7. The molecule has 3 fully saturated rings. The van der Waals surface area contributed by atoms with Gasteiger partial charge in [-0.15, -0.1) is 23.2 Å². The fourth-order valence-corrected chi connectivity index (χ4v) is 8.74. The van der Waals surface area contributed by atoms with E-state index in [2.05, 4.69) is 0 Å². The third-order valence-corrected chi connectivity index (χ3v) is 11.6. The lowest BCUT2D eigenvalue weighted by atomic mass is 9.57. The van der Waals surface area contributed by atoms with Gasteiger partial charge in [0.1, 0.15) is 5.82 Å². The Hall–Kier alpha value is -4.67. The van der Waals surface area contributed by atoms with Crippen molar-refractivity contribution in [2.75, 3.05) is 19.1 Å².